The predicted molar refractivity (Wildman–Crippen MR) is 70.6 cm³/mol. The number of ether oxygens (including phenoxy) is 1. The van der Waals surface area contributed by atoms with Crippen LogP contribution in [0.5, 0.6) is 5.75 Å². The van der Waals surface area contributed by atoms with Gasteiger partial charge < -0.3 is 10.1 Å². The molecule has 0 aliphatic carbocycles. The summed E-state index contributed by atoms with van der Waals surface area (Å²) < 4.78 is 5.58. The Labute approximate surface area is 101 Å². The molecular formula is C15H15NO. The number of anilines is 1. The van der Waals surface area contributed by atoms with Gasteiger partial charge in [0.25, 0.3) is 0 Å². The summed E-state index contributed by atoms with van der Waals surface area (Å²) in [6.45, 7) is 3.76. The molecular weight excluding hydrogens is 210 g/mol. The predicted octanol–water partition coefficient (Wildman–Crippen LogP) is 3.47. The Hall–Kier alpha value is -1.96. The van der Waals surface area contributed by atoms with Gasteiger partial charge in [-0.05, 0) is 35.7 Å². The van der Waals surface area contributed by atoms with Crippen LogP contribution in [-0.4, -0.2) is 13.2 Å². The van der Waals surface area contributed by atoms with Gasteiger partial charge in [0.2, 0.25) is 0 Å². The van der Waals surface area contributed by atoms with Crippen molar-refractivity contribution in [3.63, 3.8) is 0 Å². The van der Waals surface area contributed by atoms with E-state index in [1.807, 2.05) is 6.07 Å². The van der Waals surface area contributed by atoms with E-state index in [9.17, 15) is 0 Å². The molecule has 86 valence electrons. The van der Waals surface area contributed by atoms with Gasteiger partial charge in [0, 0.05) is 6.54 Å². The van der Waals surface area contributed by atoms with Crippen molar-refractivity contribution >= 4 is 5.69 Å². The van der Waals surface area contributed by atoms with E-state index in [0.29, 0.717) is 0 Å². The van der Waals surface area contributed by atoms with Crippen LogP contribution in [0.4, 0.5) is 5.69 Å². The number of aryl methyl sites for hydroxylation is 1. The highest BCUT2D eigenvalue weighted by molar-refractivity contribution is 5.74. The average Bonchev–Trinajstić information content (AvgIpc) is 2.39. The number of rotatable bonds is 1. The maximum atomic E-state index is 5.58. The van der Waals surface area contributed by atoms with Crippen molar-refractivity contribution in [3.8, 4) is 16.9 Å². The molecule has 0 radical (unpaired) electrons. The molecule has 0 atom stereocenters. The Kier molecular flexibility index (Phi) is 2.48. The molecule has 1 heterocycles. The zero-order valence-electron chi connectivity index (χ0n) is 9.86. The van der Waals surface area contributed by atoms with E-state index in [0.717, 1.165) is 24.6 Å². The van der Waals surface area contributed by atoms with Crippen molar-refractivity contribution in [2.45, 2.75) is 6.92 Å². The van der Waals surface area contributed by atoms with Gasteiger partial charge in [-0.1, -0.05) is 30.3 Å². The van der Waals surface area contributed by atoms with Crippen LogP contribution in [0.1, 0.15) is 5.56 Å². The Balaban J connectivity index is 2.07. The van der Waals surface area contributed by atoms with E-state index in [1.54, 1.807) is 0 Å². The summed E-state index contributed by atoms with van der Waals surface area (Å²) in [5.41, 5.74) is 4.91. The van der Waals surface area contributed by atoms with Crippen LogP contribution in [0, 0.1) is 6.92 Å². The van der Waals surface area contributed by atoms with E-state index in [-0.39, 0.29) is 0 Å². The SMILES string of the molecule is Cc1ccccc1-c1ccc2c(c1)NCCO2. The zero-order valence-corrected chi connectivity index (χ0v) is 9.86. The molecule has 1 aliphatic rings. The molecule has 1 aliphatic heterocycles. The van der Waals surface area contributed by atoms with Crippen molar-refractivity contribution in [3.05, 3.63) is 48.0 Å². The summed E-state index contributed by atoms with van der Waals surface area (Å²) in [4.78, 5) is 0. The first-order chi connectivity index (χ1) is 8.34. The fourth-order valence-electron chi connectivity index (χ4n) is 2.21. The van der Waals surface area contributed by atoms with Crippen LogP contribution >= 0.6 is 0 Å². The van der Waals surface area contributed by atoms with Crippen molar-refractivity contribution in [2.24, 2.45) is 0 Å². The van der Waals surface area contributed by atoms with E-state index >= 15 is 0 Å². The van der Waals surface area contributed by atoms with Gasteiger partial charge in [0.15, 0.2) is 0 Å². The Morgan fingerprint density at radius 3 is 2.88 bits per heavy atom. The lowest BCUT2D eigenvalue weighted by Gasteiger charge is -2.20. The number of benzene rings is 2. The van der Waals surface area contributed by atoms with Gasteiger partial charge in [-0.15, -0.1) is 0 Å². The second-order valence-corrected chi connectivity index (χ2v) is 4.30. The Bertz CT molecular complexity index is 548. The summed E-state index contributed by atoms with van der Waals surface area (Å²) in [7, 11) is 0. The first-order valence-corrected chi connectivity index (χ1v) is 5.91. The molecule has 2 aromatic rings. The standard InChI is InChI=1S/C15H15NO/c1-11-4-2-3-5-13(11)12-6-7-15-14(10-12)16-8-9-17-15/h2-7,10,16H,8-9H2,1H3. The highest BCUT2D eigenvalue weighted by Crippen LogP contribution is 2.33. The summed E-state index contributed by atoms with van der Waals surface area (Å²) in [6.07, 6.45) is 0. The highest BCUT2D eigenvalue weighted by Gasteiger charge is 2.10. The first-order valence-electron chi connectivity index (χ1n) is 5.91. The number of fused-ring (bicyclic) bond motifs is 1. The highest BCUT2D eigenvalue weighted by atomic mass is 16.5. The summed E-state index contributed by atoms with van der Waals surface area (Å²) in [5, 5.41) is 3.37. The van der Waals surface area contributed by atoms with E-state index in [1.165, 1.54) is 16.7 Å². The molecule has 0 unspecified atom stereocenters. The van der Waals surface area contributed by atoms with Crippen LogP contribution in [0.3, 0.4) is 0 Å². The van der Waals surface area contributed by atoms with Crippen LogP contribution in [-0.2, 0) is 0 Å². The lowest BCUT2D eigenvalue weighted by atomic mass is 10.00. The van der Waals surface area contributed by atoms with Crippen LogP contribution in [0.2, 0.25) is 0 Å². The van der Waals surface area contributed by atoms with E-state index < -0.39 is 0 Å². The number of hydrogen-bond acceptors (Lipinski definition) is 2. The zero-order chi connectivity index (χ0) is 11.7. The van der Waals surface area contributed by atoms with Crippen LogP contribution in [0.25, 0.3) is 11.1 Å². The molecule has 17 heavy (non-hydrogen) atoms. The van der Waals surface area contributed by atoms with E-state index in [4.69, 9.17) is 4.74 Å². The Morgan fingerprint density at radius 2 is 2.00 bits per heavy atom. The van der Waals surface area contributed by atoms with Crippen molar-refractivity contribution in [1.82, 2.24) is 0 Å². The largest absolute Gasteiger partial charge is 0.490 e. The van der Waals surface area contributed by atoms with Gasteiger partial charge in [-0.25, -0.2) is 0 Å². The minimum absolute atomic E-state index is 0.747. The third kappa shape index (κ3) is 1.86. The second-order valence-electron chi connectivity index (χ2n) is 4.30. The first kappa shape index (κ1) is 10.2. The quantitative estimate of drug-likeness (QED) is 0.802. The fraction of sp³-hybridized carbons (Fsp3) is 0.200. The van der Waals surface area contributed by atoms with Gasteiger partial charge in [0.05, 0.1) is 5.69 Å². The minimum Gasteiger partial charge on any atom is -0.490 e. The molecule has 0 saturated carbocycles. The van der Waals surface area contributed by atoms with Crippen LogP contribution < -0.4 is 10.1 Å². The molecule has 1 N–H and O–H groups in total. The van der Waals surface area contributed by atoms with Gasteiger partial charge in [-0.2, -0.15) is 0 Å². The van der Waals surface area contributed by atoms with Crippen molar-refractivity contribution < 1.29 is 4.74 Å². The molecule has 0 saturated heterocycles. The van der Waals surface area contributed by atoms with Crippen molar-refractivity contribution in [1.29, 1.82) is 0 Å². The molecule has 0 fully saturated rings. The van der Waals surface area contributed by atoms with E-state index in [2.05, 4.69) is 48.6 Å². The normalized spacial score (nSPS) is 13.5. The monoisotopic (exact) mass is 225 g/mol. The minimum atomic E-state index is 0.747. The van der Waals surface area contributed by atoms with Gasteiger partial charge >= 0.3 is 0 Å². The number of hydrogen-bond donors (Lipinski definition) is 1. The lowest BCUT2D eigenvalue weighted by Crippen LogP contribution is -2.17. The molecule has 0 bridgehead atoms. The lowest BCUT2D eigenvalue weighted by molar-refractivity contribution is 0.323. The van der Waals surface area contributed by atoms with Crippen LogP contribution in [0.15, 0.2) is 42.5 Å². The number of nitrogens with one attached hydrogen (secondary N) is 1. The molecule has 2 nitrogen and oxygen atoms in total. The van der Waals surface area contributed by atoms with Gasteiger partial charge in [-0.3, -0.25) is 0 Å². The average molecular weight is 225 g/mol. The second kappa shape index (κ2) is 4.13. The topological polar surface area (TPSA) is 21.3 Å². The molecule has 3 rings (SSSR count). The Morgan fingerprint density at radius 1 is 1.12 bits per heavy atom. The third-order valence-corrected chi connectivity index (χ3v) is 3.11. The maximum absolute atomic E-state index is 5.58. The third-order valence-electron chi connectivity index (χ3n) is 3.11. The smallest absolute Gasteiger partial charge is 0.142 e. The van der Waals surface area contributed by atoms with Gasteiger partial charge in [0.1, 0.15) is 12.4 Å². The summed E-state index contributed by atoms with van der Waals surface area (Å²) in [6, 6.07) is 14.8. The molecule has 0 spiro atoms. The molecule has 0 amide bonds. The molecule has 0 aromatic heterocycles. The van der Waals surface area contributed by atoms with Crippen molar-refractivity contribution in [2.75, 3.05) is 18.5 Å². The molecule has 2 heteroatoms. The fourth-order valence-corrected chi connectivity index (χ4v) is 2.21. The summed E-state index contributed by atoms with van der Waals surface area (Å²) >= 11 is 0. The maximum Gasteiger partial charge on any atom is 0.142 e. The summed E-state index contributed by atoms with van der Waals surface area (Å²) in [5.74, 6) is 0.952. The molecule has 2 aromatic carbocycles.